The van der Waals surface area contributed by atoms with E-state index in [4.69, 9.17) is 9.97 Å². The van der Waals surface area contributed by atoms with Crippen molar-refractivity contribution in [1.29, 1.82) is 0 Å². The summed E-state index contributed by atoms with van der Waals surface area (Å²) in [4.78, 5) is 13.9. The summed E-state index contributed by atoms with van der Waals surface area (Å²) in [5.74, 6) is 1.67. The minimum atomic E-state index is 0.730. The molecule has 0 fully saturated rings. The summed E-state index contributed by atoms with van der Waals surface area (Å²) in [5.41, 5.74) is 4.31. The van der Waals surface area contributed by atoms with E-state index in [1.807, 2.05) is 12.3 Å². The summed E-state index contributed by atoms with van der Waals surface area (Å²) < 4.78 is 0. The van der Waals surface area contributed by atoms with Crippen molar-refractivity contribution >= 4 is 5.82 Å². The Bertz CT molecular complexity index is 608. The molecule has 0 unspecified atom stereocenters. The van der Waals surface area contributed by atoms with Crippen molar-refractivity contribution in [3.63, 3.8) is 0 Å². The van der Waals surface area contributed by atoms with E-state index in [1.54, 1.807) is 0 Å². The van der Waals surface area contributed by atoms with Gasteiger partial charge in [-0.15, -0.1) is 0 Å². The van der Waals surface area contributed by atoms with Gasteiger partial charge in [0.15, 0.2) is 5.82 Å². The summed E-state index contributed by atoms with van der Waals surface area (Å²) in [7, 11) is 0. The van der Waals surface area contributed by atoms with Crippen LogP contribution in [0.5, 0.6) is 0 Å². The molecule has 112 valence electrons. The van der Waals surface area contributed by atoms with Crippen molar-refractivity contribution in [3.8, 4) is 11.5 Å². The number of nitrogens with zero attached hydrogens (tertiary/aromatic N) is 3. The number of hydrogen-bond acceptors (Lipinski definition) is 4. The molecule has 0 amide bonds. The number of rotatable bonds is 6. The quantitative estimate of drug-likeness (QED) is 0.876. The van der Waals surface area contributed by atoms with Gasteiger partial charge < -0.3 is 5.32 Å². The average molecular weight is 284 g/mol. The first-order chi connectivity index (χ1) is 10.2. The average Bonchev–Trinajstić information content (AvgIpc) is 2.53. The van der Waals surface area contributed by atoms with E-state index in [-0.39, 0.29) is 0 Å². The van der Waals surface area contributed by atoms with E-state index in [9.17, 15) is 0 Å². The van der Waals surface area contributed by atoms with Crippen LogP contribution < -0.4 is 5.32 Å². The molecule has 0 aliphatic carbocycles. The van der Waals surface area contributed by atoms with Crippen molar-refractivity contribution in [1.82, 2.24) is 15.0 Å². The molecule has 4 nitrogen and oxygen atoms in total. The zero-order valence-corrected chi connectivity index (χ0v) is 13.4. The van der Waals surface area contributed by atoms with E-state index in [0.717, 1.165) is 54.4 Å². The third-order valence-corrected chi connectivity index (χ3v) is 3.61. The highest BCUT2D eigenvalue weighted by Gasteiger charge is 2.14. The third kappa shape index (κ3) is 3.38. The Kier molecular flexibility index (Phi) is 5.26. The lowest BCUT2D eigenvalue weighted by atomic mass is 10.1. The van der Waals surface area contributed by atoms with Crippen LogP contribution in [0.4, 0.5) is 5.82 Å². The van der Waals surface area contributed by atoms with Crippen LogP contribution in [-0.2, 0) is 12.8 Å². The number of aromatic nitrogens is 3. The van der Waals surface area contributed by atoms with E-state index in [0.29, 0.717) is 0 Å². The fourth-order valence-corrected chi connectivity index (χ4v) is 2.35. The Labute approximate surface area is 127 Å². The lowest BCUT2D eigenvalue weighted by molar-refractivity contribution is 0.930. The van der Waals surface area contributed by atoms with Gasteiger partial charge in [-0.05, 0) is 37.8 Å². The van der Waals surface area contributed by atoms with Crippen LogP contribution in [0.1, 0.15) is 44.0 Å². The van der Waals surface area contributed by atoms with E-state index in [2.05, 4.69) is 44.1 Å². The minimum Gasteiger partial charge on any atom is -0.370 e. The molecule has 0 spiro atoms. The number of nitrogens with one attached hydrogen (secondary N) is 1. The molecule has 2 aromatic rings. The van der Waals surface area contributed by atoms with Crippen LogP contribution in [0.15, 0.2) is 18.3 Å². The number of aryl methyl sites for hydroxylation is 2. The molecule has 1 N–H and O–H groups in total. The first-order valence-electron chi connectivity index (χ1n) is 7.76. The summed E-state index contributed by atoms with van der Waals surface area (Å²) in [6.07, 6.45) is 4.71. The first-order valence-corrected chi connectivity index (χ1v) is 7.76. The summed E-state index contributed by atoms with van der Waals surface area (Å²) in [5, 5.41) is 3.41. The minimum absolute atomic E-state index is 0.730. The molecule has 0 atom stereocenters. The van der Waals surface area contributed by atoms with E-state index >= 15 is 0 Å². The maximum atomic E-state index is 4.72. The zero-order valence-electron chi connectivity index (χ0n) is 13.4. The Morgan fingerprint density at radius 2 is 1.90 bits per heavy atom. The second kappa shape index (κ2) is 7.16. The van der Waals surface area contributed by atoms with Gasteiger partial charge in [0, 0.05) is 24.0 Å². The molecule has 2 rings (SSSR count). The van der Waals surface area contributed by atoms with Crippen LogP contribution in [0.3, 0.4) is 0 Å². The molecule has 0 radical (unpaired) electrons. The van der Waals surface area contributed by atoms with Crippen LogP contribution in [0, 0.1) is 6.92 Å². The summed E-state index contributed by atoms with van der Waals surface area (Å²) in [6, 6.07) is 4.06. The molecule has 4 heteroatoms. The predicted molar refractivity (Wildman–Crippen MR) is 87.5 cm³/mol. The molecular weight excluding hydrogens is 260 g/mol. The largest absolute Gasteiger partial charge is 0.370 e. The normalized spacial score (nSPS) is 10.7. The topological polar surface area (TPSA) is 50.7 Å². The van der Waals surface area contributed by atoms with Crippen molar-refractivity contribution in [2.75, 3.05) is 11.9 Å². The molecular formula is C17H24N4. The highest BCUT2D eigenvalue weighted by molar-refractivity contribution is 5.59. The number of pyridine rings is 1. The van der Waals surface area contributed by atoms with Crippen LogP contribution in [0.2, 0.25) is 0 Å². The molecule has 2 aromatic heterocycles. The van der Waals surface area contributed by atoms with Crippen LogP contribution >= 0.6 is 0 Å². The van der Waals surface area contributed by atoms with Gasteiger partial charge in [0.25, 0.3) is 0 Å². The van der Waals surface area contributed by atoms with Gasteiger partial charge in [-0.1, -0.05) is 26.8 Å². The molecule has 0 aliphatic rings. The monoisotopic (exact) mass is 284 g/mol. The molecule has 0 aromatic carbocycles. The Morgan fingerprint density at radius 1 is 1.10 bits per heavy atom. The number of anilines is 1. The van der Waals surface area contributed by atoms with Crippen LogP contribution in [-0.4, -0.2) is 21.5 Å². The molecule has 0 saturated carbocycles. The fourth-order valence-electron chi connectivity index (χ4n) is 2.35. The lowest BCUT2D eigenvalue weighted by Crippen LogP contribution is -2.09. The maximum absolute atomic E-state index is 4.72. The smallest absolute Gasteiger partial charge is 0.180 e. The summed E-state index contributed by atoms with van der Waals surface area (Å²) >= 11 is 0. The second-order valence-corrected chi connectivity index (χ2v) is 5.11. The van der Waals surface area contributed by atoms with Crippen molar-refractivity contribution in [3.05, 3.63) is 35.2 Å². The van der Waals surface area contributed by atoms with Gasteiger partial charge in [-0.25, -0.2) is 9.97 Å². The standard InChI is InChI=1S/C17H24N4/c1-5-10-19-16-12(4)14(7-3)20-17(21-16)15-13(6-2)9-8-11-18-15/h8-9,11H,5-7,10H2,1-4H3,(H,19,20,21). The van der Waals surface area contributed by atoms with Crippen molar-refractivity contribution < 1.29 is 0 Å². The van der Waals surface area contributed by atoms with Crippen molar-refractivity contribution in [2.24, 2.45) is 0 Å². The molecule has 2 heterocycles. The zero-order chi connectivity index (χ0) is 15.2. The number of hydrogen-bond donors (Lipinski definition) is 1. The Balaban J connectivity index is 2.53. The van der Waals surface area contributed by atoms with Gasteiger partial charge in [0.05, 0.1) is 0 Å². The van der Waals surface area contributed by atoms with E-state index in [1.165, 1.54) is 5.56 Å². The second-order valence-electron chi connectivity index (χ2n) is 5.11. The van der Waals surface area contributed by atoms with Gasteiger partial charge in [-0.2, -0.15) is 0 Å². The van der Waals surface area contributed by atoms with Crippen LogP contribution in [0.25, 0.3) is 11.5 Å². The summed E-state index contributed by atoms with van der Waals surface area (Å²) in [6.45, 7) is 9.41. The van der Waals surface area contributed by atoms with E-state index < -0.39 is 0 Å². The Morgan fingerprint density at radius 3 is 2.57 bits per heavy atom. The predicted octanol–water partition coefficient (Wildman–Crippen LogP) is 3.79. The highest BCUT2D eigenvalue weighted by Crippen LogP contribution is 2.23. The third-order valence-electron chi connectivity index (χ3n) is 3.61. The first kappa shape index (κ1) is 15.4. The van der Waals surface area contributed by atoms with Gasteiger partial charge in [-0.3, -0.25) is 4.98 Å². The van der Waals surface area contributed by atoms with Gasteiger partial charge in [0.1, 0.15) is 11.5 Å². The maximum Gasteiger partial charge on any atom is 0.180 e. The van der Waals surface area contributed by atoms with Gasteiger partial charge in [0.2, 0.25) is 0 Å². The van der Waals surface area contributed by atoms with Crippen molar-refractivity contribution in [2.45, 2.75) is 47.0 Å². The fraction of sp³-hybridized carbons (Fsp3) is 0.471. The molecule has 21 heavy (non-hydrogen) atoms. The molecule has 0 saturated heterocycles. The molecule has 0 bridgehead atoms. The Hall–Kier alpha value is -1.97. The molecule has 0 aliphatic heterocycles. The van der Waals surface area contributed by atoms with Gasteiger partial charge >= 0.3 is 0 Å². The highest BCUT2D eigenvalue weighted by atomic mass is 15.0. The SMILES string of the molecule is CCCNc1nc(-c2ncccc2CC)nc(CC)c1C. The lowest BCUT2D eigenvalue weighted by Gasteiger charge is -2.14.